The first-order chi connectivity index (χ1) is 10.0. The molecule has 0 atom stereocenters. The van der Waals surface area contributed by atoms with Crippen LogP contribution in [0.5, 0.6) is 0 Å². The first-order valence-electron chi connectivity index (χ1n) is 7.81. The molecule has 0 spiro atoms. The van der Waals surface area contributed by atoms with Gasteiger partial charge in [-0.25, -0.2) is 4.98 Å². The van der Waals surface area contributed by atoms with E-state index in [0.29, 0.717) is 25.8 Å². The summed E-state index contributed by atoms with van der Waals surface area (Å²) >= 11 is 1.68. The average Bonchev–Trinajstić information content (AvgIpc) is 2.76. The molecule has 0 aliphatic heterocycles. The van der Waals surface area contributed by atoms with Crippen LogP contribution in [-0.2, 0) is 20.0 Å². The molecule has 0 saturated carbocycles. The van der Waals surface area contributed by atoms with Crippen LogP contribution in [0, 0.1) is 13.8 Å². The third-order valence-corrected chi connectivity index (χ3v) is 6.05. The molecule has 0 fully saturated rings. The first kappa shape index (κ1) is 18.8. The smallest absolute Gasteiger partial charge is 0.309 e. The number of hydrogen-bond acceptors (Lipinski definition) is 5. The molecule has 1 aromatic heterocycles. The lowest BCUT2D eigenvalue weighted by molar-refractivity contribution is 0.200. The van der Waals surface area contributed by atoms with Crippen molar-refractivity contribution in [3.05, 3.63) is 15.6 Å². The van der Waals surface area contributed by atoms with E-state index in [0.717, 1.165) is 36.4 Å². The fraction of sp³-hybridized carbons (Fsp3) is 0.800. The van der Waals surface area contributed by atoms with Crippen molar-refractivity contribution < 1.29 is 13.6 Å². The zero-order valence-corrected chi connectivity index (χ0v) is 15.4. The lowest BCUT2D eigenvalue weighted by Gasteiger charge is -2.18. The Labute approximate surface area is 132 Å². The standard InChI is InChI=1S/C15H28NO3PS/c1-5-7-10-18-20(17,19-11-8-6-2)12-9-15-13(3)21-14(4)16-15/h5-12H2,1-4H3. The topological polar surface area (TPSA) is 48.4 Å². The summed E-state index contributed by atoms with van der Waals surface area (Å²) in [6.07, 6.45) is 4.96. The molecule has 0 bridgehead atoms. The van der Waals surface area contributed by atoms with Crippen molar-refractivity contribution >= 4 is 18.9 Å². The summed E-state index contributed by atoms with van der Waals surface area (Å²) in [5.41, 5.74) is 1.02. The van der Waals surface area contributed by atoms with Gasteiger partial charge in [-0.3, -0.25) is 4.57 Å². The van der Waals surface area contributed by atoms with E-state index in [1.807, 2.05) is 6.92 Å². The highest BCUT2D eigenvalue weighted by atomic mass is 32.1. The molecule has 0 N–H and O–H groups in total. The van der Waals surface area contributed by atoms with Crippen molar-refractivity contribution in [2.75, 3.05) is 19.4 Å². The Morgan fingerprint density at radius 3 is 2.10 bits per heavy atom. The van der Waals surface area contributed by atoms with Gasteiger partial charge in [0, 0.05) is 11.3 Å². The summed E-state index contributed by atoms with van der Waals surface area (Å²) < 4.78 is 24.0. The minimum absolute atomic E-state index is 0.421. The van der Waals surface area contributed by atoms with Gasteiger partial charge >= 0.3 is 7.60 Å². The van der Waals surface area contributed by atoms with Gasteiger partial charge < -0.3 is 9.05 Å². The van der Waals surface area contributed by atoms with Crippen LogP contribution < -0.4 is 0 Å². The molecular weight excluding hydrogens is 305 g/mol. The lowest BCUT2D eigenvalue weighted by Crippen LogP contribution is -2.05. The molecular formula is C15H28NO3PS. The van der Waals surface area contributed by atoms with Crippen molar-refractivity contribution in [2.24, 2.45) is 0 Å². The first-order valence-corrected chi connectivity index (χ1v) is 10.4. The number of nitrogens with zero attached hydrogens (tertiary/aromatic N) is 1. The number of aryl methyl sites for hydroxylation is 3. The Balaban J connectivity index is 2.58. The van der Waals surface area contributed by atoms with Gasteiger partial charge in [-0.15, -0.1) is 11.3 Å². The number of aromatic nitrogens is 1. The molecule has 1 rings (SSSR count). The van der Waals surface area contributed by atoms with E-state index < -0.39 is 7.60 Å². The van der Waals surface area contributed by atoms with Crippen molar-refractivity contribution in [3.8, 4) is 0 Å². The molecule has 0 unspecified atom stereocenters. The third kappa shape index (κ3) is 7.05. The van der Waals surface area contributed by atoms with Crippen LogP contribution in [0.1, 0.15) is 55.1 Å². The summed E-state index contributed by atoms with van der Waals surface area (Å²) in [4.78, 5) is 5.69. The second kappa shape index (κ2) is 9.73. The van der Waals surface area contributed by atoms with Gasteiger partial charge in [0.2, 0.25) is 0 Å². The van der Waals surface area contributed by atoms with E-state index in [9.17, 15) is 4.57 Å². The molecule has 1 aromatic rings. The van der Waals surface area contributed by atoms with Crippen LogP contribution in [0.3, 0.4) is 0 Å². The largest absolute Gasteiger partial charge is 0.331 e. The Morgan fingerprint density at radius 1 is 1.10 bits per heavy atom. The Morgan fingerprint density at radius 2 is 1.67 bits per heavy atom. The average molecular weight is 333 g/mol. The van der Waals surface area contributed by atoms with Crippen molar-refractivity contribution in [1.29, 1.82) is 0 Å². The minimum Gasteiger partial charge on any atom is -0.309 e. The van der Waals surface area contributed by atoms with Gasteiger partial charge in [0.25, 0.3) is 0 Å². The zero-order valence-electron chi connectivity index (χ0n) is 13.7. The predicted molar refractivity (Wildman–Crippen MR) is 89.5 cm³/mol. The summed E-state index contributed by atoms with van der Waals surface area (Å²) in [5, 5.41) is 1.05. The molecule has 0 aliphatic rings. The molecule has 0 amide bonds. The van der Waals surface area contributed by atoms with Gasteiger partial charge in [0.05, 0.1) is 30.1 Å². The Hall–Kier alpha value is -0.220. The molecule has 0 saturated heterocycles. The number of thiazole rings is 1. The highest BCUT2D eigenvalue weighted by molar-refractivity contribution is 7.53. The van der Waals surface area contributed by atoms with Crippen LogP contribution in [0.15, 0.2) is 0 Å². The maximum absolute atomic E-state index is 12.8. The van der Waals surface area contributed by atoms with Gasteiger partial charge in [0.15, 0.2) is 0 Å². The molecule has 0 aromatic carbocycles. The van der Waals surface area contributed by atoms with Crippen LogP contribution in [0.2, 0.25) is 0 Å². The molecule has 21 heavy (non-hydrogen) atoms. The van der Waals surface area contributed by atoms with Gasteiger partial charge in [-0.05, 0) is 26.7 Å². The molecule has 1 heterocycles. The third-order valence-electron chi connectivity index (χ3n) is 3.19. The summed E-state index contributed by atoms with van der Waals surface area (Å²) in [6, 6.07) is 0. The van der Waals surface area contributed by atoms with Crippen LogP contribution in [0.4, 0.5) is 0 Å². The van der Waals surface area contributed by atoms with E-state index >= 15 is 0 Å². The van der Waals surface area contributed by atoms with E-state index in [2.05, 4.69) is 25.8 Å². The maximum atomic E-state index is 12.8. The number of rotatable bonds is 11. The minimum atomic E-state index is -2.99. The summed E-state index contributed by atoms with van der Waals surface area (Å²) in [6.45, 7) is 9.25. The van der Waals surface area contributed by atoms with Crippen molar-refractivity contribution in [3.63, 3.8) is 0 Å². The van der Waals surface area contributed by atoms with Gasteiger partial charge in [-0.2, -0.15) is 0 Å². The molecule has 0 radical (unpaired) electrons. The van der Waals surface area contributed by atoms with E-state index in [1.165, 1.54) is 4.88 Å². The molecule has 0 aliphatic carbocycles. The van der Waals surface area contributed by atoms with Crippen LogP contribution in [-0.4, -0.2) is 24.4 Å². The Bertz CT molecular complexity index is 448. The van der Waals surface area contributed by atoms with Crippen molar-refractivity contribution in [2.45, 2.75) is 59.8 Å². The monoisotopic (exact) mass is 333 g/mol. The maximum Gasteiger partial charge on any atom is 0.331 e. The van der Waals surface area contributed by atoms with Crippen molar-refractivity contribution in [1.82, 2.24) is 4.98 Å². The lowest BCUT2D eigenvalue weighted by atomic mass is 10.3. The highest BCUT2D eigenvalue weighted by Gasteiger charge is 2.25. The fourth-order valence-electron chi connectivity index (χ4n) is 1.91. The second-order valence-electron chi connectivity index (χ2n) is 5.19. The van der Waals surface area contributed by atoms with Crippen LogP contribution in [0.25, 0.3) is 0 Å². The van der Waals surface area contributed by atoms with E-state index in [4.69, 9.17) is 9.05 Å². The number of unbranched alkanes of at least 4 members (excludes halogenated alkanes) is 2. The normalized spacial score (nSPS) is 12.0. The molecule has 4 nitrogen and oxygen atoms in total. The fourth-order valence-corrected chi connectivity index (χ4v) is 4.41. The predicted octanol–water partition coefficient (Wildman–Crippen LogP) is 5.13. The SMILES string of the molecule is CCCCOP(=O)(CCc1nc(C)sc1C)OCCCC. The van der Waals surface area contributed by atoms with Gasteiger partial charge in [-0.1, -0.05) is 26.7 Å². The van der Waals surface area contributed by atoms with Crippen LogP contribution >= 0.6 is 18.9 Å². The summed E-state index contributed by atoms with van der Waals surface area (Å²) in [5.74, 6) is 0. The van der Waals surface area contributed by atoms with E-state index in [-0.39, 0.29) is 0 Å². The van der Waals surface area contributed by atoms with E-state index in [1.54, 1.807) is 11.3 Å². The zero-order chi connectivity index (χ0) is 15.7. The quantitative estimate of drug-likeness (QED) is 0.416. The van der Waals surface area contributed by atoms with Gasteiger partial charge in [0.1, 0.15) is 0 Å². The second-order valence-corrected chi connectivity index (χ2v) is 8.79. The summed E-state index contributed by atoms with van der Waals surface area (Å²) in [7, 11) is -2.99. The Kier molecular flexibility index (Phi) is 8.72. The highest BCUT2D eigenvalue weighted by Crippen LogP contribution is 2.49. The molecule has 6 heteroatoms. The number of hydrogen-bond donors (Lipinski definition) is 0. The molecule has 122 valence electrons.